The highest BCUT2D eigenvalue weighted by molar-refractivity contribution is 7.98. The van der Waals surface area contributed by atoms with E-state index in [4.69, 9.17) is 5.73 Å². The van der Waals surface area contributed by atoms with Gasteiger partial charge >= 0.3 is 0 Å². The van der Waals surface area contributed by atoms with E-state index in [1.807, 2.05) is 13.2 Å². The number of nitrogen functional groups attached to an aromatic ring is 1. The van der Waals surface area contributed by atoms with Gasteiger partial charge in [-0.25, -0.2) is 18.1 Å². The highest BCUT2D eigenvalue weighted by atomic mass is 32.2. The van der Waals surface area contributed by atoms with Crippen LogP contribution in [0, 0.1) is 6.92 Å². The minimum absolute atomic E-state index is 0.0577. The topological polar surface area (TPSA) is 85.1 Å². The van der Waals surface area contributed by atoms with Gasteiger partial charge in [-0.2, -0.15) is 11.8 Å². The molecule has 0 amide bonds. The Labute approximate surface area is 110 Å². The highest BCUT2D eigenvalue weighted by Crippen LogP contribution is 2.25. The zero-order chi connectivity index (χ0) is 13.1. The first-order chi connectivity index (χ1) is 7.90. The molecule has 3 N–H and O–H groups in total. The third kappa shape index (κ3) is 3.84. The summed E-state index contributed by atoms with van der Waals surface area (Å²) in [7, 11) is -3.49. The number of nitrogens with two attached hydrogens (primary N) is 1. The molecule has 1 aromatic rings. The molecular formula is C9H17N3O2S3. The first-order valence-corrected chi connectivity index (χ1v) is 8.84. The molecule has 0 radical (unpaired) electrons. The first kappa shape index (κ1) is 14.7. The van der Waals surface area contributed by atoms with Crippen molar-refractivity contribution in [3.8, 4) is 0 Å². The lowest BCUT2D eigenvalue weighted by Crippen LogP contribution is -2.36. The number of thiazole rings is 1. The van der Waals surface area contributed by atoms with Crippen molar-refractivity contribution >= 4 is 38.3 Å². The minimum Gasteiger partial charge on any atom is -0.375 e. The summed E-state index contributed by atoms with van der Waals surface area (Å²) in [5.41, 5.74) is 5.97. The van der Waals surface area contributed by atoms with Crippen LogP contribution in [0.25, 0.3) is 0 Å². The number of sulfonamides is 1. The maximum absolute atomic E-state index is 12.1. The Hall–Kier alpha value is -0.310. The van der Waals surface area contributed by atoms with E-state index in [1.165, 1.54) is 0 Å². The smallest absolute Gasteiger partial charge is 0.252 e. The number of aromatic nitrogens is 1. The summed E-state index contributed by atoms with van der Waals surface area (Å²) in [6.45, 7) is 3.61. The Bertz CT molecular complexity index is 470. The molecule has 0 aliphatic carbocycles. The van der Waals surface area contributed by atoms with Crippen LogP contribution in [0.1, 0.15) is 19.0 Å². The van der Waals surface area contributed by atoms with Crippen molar-refractivity contribution < 1.29 is 8.42 Å². The van der Waals surface area contributed by atoms with Gasteiger partial charge < -0.3 is 5.73 Å². The highest BCUT2D eigenvalue weighted by Gasteiger charge is 2.23. The predicted octanol–water partition coefficient (Wildman–Crippen LogP) is 1.45. The Balaban J connectivity index is 2.92. The van der Waals surface area contributed by atoms with Gasteiger partial charge in [0.15, 0.2) is 9.34 Å². The Morgan fingerprint density at radius 3 is 2.65 bits per heavy atom. The van der Waals surface area contributed by atoms with E-state index in [2.05, 4.69) is 9.71 Å². The van der Waals surface area contributed by atoms with Crippen LogP contribution in [0.4, 0.5) is 5.13 Å². The quantitative estimate of drug-likeness (QED) is 0.830. The fraction of sp³-hybridized carbons (Fsp3) is 0.667. The normalized spacial score (nSPS) is 13.8. The molecule has 0 bridgehead atoms. The number of nitrogens with zero attached hydrogens (tertiary/aromatic N) is 1. The predicted molar refractivity (Wildman–Crippen MR) is 74.0 cm³/mol. The van der Waals surface area contributed by atoms with Crippen molar-refractivity contribution in [2.45, 2.75) is 30.5 Å². The molecule has 1 aromatic heterocycles. The lowest BCUT2D eigenvalue weighted by molar-refractivity contribution is 0.559. The molecule has 1 atom stereocenters. The monoisotopic (exact) mass is 295 g/mol. The van der Waals surface area contributed by atoms with Gasteiger partial charge in [0, 0.05) is 11.8 Å². The van der Waals surface area contributed by atoms with Gasteiger partial charge in [-0.15, -0.1) is 0 Å². The largest absolute Gasteiger partial charge is 0.375 e. The third-order valence-corrected chi connectivity index (χ3v) is 6.05. The SMILES string of the molecule is CCC(CSC)NS(=O)(=O)c1sc(N)nc1C. The second-order valence-electron chi connectivity index (χ2n) is 3.61. The van der Waals surface area contributed by atoms with Crippen molar-refractivity contribution in [2.24, 2.45) is 0 Å². The molecular weight excluding hydrogens is 278 g/mol. The van der Waals surface area contributed by atoms with E-state index in [0.29, 0.717) is 5.69 Å². The van der Waals surface area contributed by atoms with E-state index in [1.54, 1.807) is 18.7 Å². The maximum Gasteiger partial charge on any atom is 0.252 e. The molecule has 5 nitrogen and oxygen atoms in total. The second-order valence-corrected chi connectivity index (χ2v) is 7.46. The van der Waals surface area contributed by atoms with Crippen LogP contribution in [0.3, 0.4) is 0 Å². The van der Waals surface area contributed by atoms with E-state index in [0.717, 1.165) is 23.5 Å². The molecule has 0 aliphatic heterocycles. The van der Waals surface area contributed by atoms with Gasteiger partial charge in [0.05, 0.1) is 5.69 Å². The van der Waals surface area contributed by atoms with Crippen molar-refractivity contribution in [3.63, 3.8) is 0 Å². The van der Waals surface area contributed by atoms with Crippen molar-refractivity contribution in [1.82, 2.24) is 9.71 Å². The van der Waals surface area contributed by atoms with Gasteiger partial charge in [0.1, 0.15) is 0 Å². The number of hydrogen-bond donors (Lipinski definition) is 2. The summed E-state index contributed by atoms with van der Waals surface area (Å²) in [4.78, 5) is 3.93. The van der Waals surface area contributed by atoms with Crippen LogP contribution in [0.5, 0.6) is 0 Å². The second kappa shape index (κ2) is 6.03. The number of hydrogen-bond acceptors (Lipinski definition) is 6. The van der Waals surface area contributed by atoms with Crippen LogP contribution in [-0.2, 0) is 10.0 Å². The first-order valence-electron chi connectivity index (χ1n) is 5.14. The molecule has 0 aromatic carbocycles. The zero-order valence-corrected chi connectivity index (χ0v) is 12.5. The maximum atomic E-state index is 12.1. The molecule has 8 heteroatoms. The lowest BCUT2D eigenvalue weighted by atomic mass is 10.3. The van der Waals surface area contributed by atoms with E-state index < -0.39 is 10.0 Å². The fourth-order valence-corrected chi connectivity index (χ4v) is 4.82. The average Bonchev–Trinajstić information content (AvgIpc) is 2.57. The molecule has 1 heterocycles. The summed E-state index contributed by atoms with van der Waals surface area (Å²) < 4.78 is 27.1. The van der Waals surface area contributed by atoms with E-state index >= 15 is 0 Å². The minimum atomic E-state index is -3.49. The number of anilines is 1. The van der Waals surface area contributed by atoms with Gasteiger partial charge in [-0.3, -0.25) is 0 Å². The standard InChI is InChI=1S/C9H17N3O2S3/c1-4-7(5-15-3)12-17(13,14)8-6(2)11-9(10)16-8/h7,12H,4-5H2,1-3H3,(H2,10,11). The van der Waals surface area contributed by atoms with E-state index in [9.17, 15) is 8.42 Å². The van der Waals surface area contributed by atoms with Crippen LogP contribution < -0.4 is 10.5 Å². The van der Waals surface area contributed by atoms with Gasteiger partial charge in [-0.1, -0.05) is 18.3 Å². The molecule has 98 valence electrons. The summed E-state index contributed by atoms with van der Waals surface area (Å²) in [5, 5.41) is 0.279. The van der Waals surface area contributed by atoms with Crippen molar-refractivity contribution in [1.29, 1.82) is 0 Å². The zero-order valence-electron chi connectivity index (χ0n) is 10.1. The number of nitrogens with one attached hydrogen (secondary N) is 1. The Morgan fingerprint density at radius 2 is 2.24 bits per heavy atom. The molecule has 0 spiro atoms. The number of aryl methyl sites for hydroxylation is 1. The number of thioether (sulfide) groups is 1. The molecule has 0 fully saturated rings. The van der Waals surface area contributed by atoms with Gasteiger partial charge in [0.25, 0.3) is 10.0 Å². The average molecular weight is 295 g/mol. The summed E-state index contributed by atoms with van der Waals surface area (Å²) >= 11 is 2.62. The third-order valence-electron chi connectivity index (χ3n) is 2.20. The van der Waals surface area contributed by atoms with Crippen LogP contribution in [0.15, 0.2) is 4.21 Å². The van der Waals surface area contributed by atoms with Crippen LogP contribution >= 0.6 is 23.1 Å². The van der Waals surface area contributed by atoms with Crippen molar-refractivity contribution in [2.75, 3.05) is 17.7 Å². The Kier molecular flexibility index (Phi) is 5.23. The van der Waals surface area contributed by atoms with E-state index in [-0.39, 0.29) is 15.4 Å². The molecule has 0 aliphatic rings. The molecule has 0 saturated heterocycles. The molecule has 1 rings (SSSR count). The van der Waals surface area contributed by atoms with Crippen LogP contribution in [0.2, 0.25) is 0 Å². The number of rotatable bonds is 6. The van der Waals surface area contributed by atoms with Crippen LogP contribution in [-0.4, -0.2) is 31.5 Å². The van der Waals surface area contributed by atoms with Crippen molar-refractivity contribution in [3.05, 3.63) is 5.69 Å². The fourth-order valence-electron chi connectivity index (χ4n) is 1.36. The molecule has 0 saturated carbocycles. The lowest BCUT2D eigenvalue weighted by Gasteiger charge is -2.15. The summed E-state index contributed by atoms with van der Waals surface area (Å²) in [6, 6.07) is -0.0577. The molecule has 17 heavy (non-hydrogen) atoms. The van der Waals surface area contributed by atoms with Gasteiger partial charge in [0.2, 0.25) is 0 Å². The molecule has 1 unspecified atom stereocenters. The summed E-state index contributed by atoms with van der Waals surface area (Å²) in [6.07, 6.45) is 2.71. The Morgan fingerprint density at radius 1 is 1.59 bits per heavy atom. The summed E-state index contributed by atoms with van der Waals surface area (Å²) in [5.74, 6) is 0.753. The van der Waals surface area contributed by atoms with Gasteiger partial charge in [-0.05, 0) is 19.6 Å².